The summed E-state index contributed by atoms with van der Waals surface area (Å²) >= 11 is 0. The molecule has 0 atom stereocenters. The zero-order chi connectivity index (χ0) is 16.1. The SMILES string of the molecule is NC(=O)c1n[nH]nc1-n1c(=O)[nH]c2cc(C(F)(F)F)ccc21. The Hall–Kier alpha value is -3.11. The Morgan fingerprint density at radius 1 is 1.27 bits per heavy atom. The second kappa shape index (κ2) is 4.44. The quantitative estimate of drug-likeness (QED) is 0.639. The van der Waals surface area contributed by atoms with E-state index in [1.165, 1.54) is 0 Å². The molecule has 0 saturated carbocycles. The summed E-state index contributed by atoms with van der Waals surface area (Å²) in [6, 6.07) is 2.70. The van der Waals surface area contributed by atoms with E-state index in [-0.39, 0.29) is 22.5 Å². The number of nitrogens with one attached hydrogen (secondary N) is 2. The summed E-state index contributed by atoms with van der Waals surface area (Å²) in [7, 11) is 0. The van der Waals surface area contributed by atoms with Crippen LogP contribution in [0.1, 0.15) is 16.1 Å². The van der Waals surface area contributed by atoms with E-state index in [0.717, 1.165) is 22.8 Å². The molecule has 1 aromatic carbocycles. The third-order valence-electron chi connectivity index (χ3n) is 2.98. The number of carbonyl (C=O) groups excluding carboxylic acids is 1. The molecule has 2 heterocycles. The number of carbonyl (C=O) groups is 1. The fourth-order valence-corrected chi connectivity index (χ4v) is 2.04. The number of imidazole rings is 1. The molecule has 0 aliphatic rings. The lowest BCUT2D eigenvalue weighted by Gasteiger charge is -2.06. The van der Waals surface area contributed by atoms with Gasteiger partial charge in [-0.05, 0) is 18.2 Å². The number of fused-ring (bicyclic) bond motifs is 1. The maximum Gasteiger partial charge on any atom is 0.416 e. The van der Waals surface area contributed by atoms with Gasteiger partial charge in [0.1, 0.15) is 0 Å². The predicted molar refractivity (Wildman–Crippen MR) is 67.4 cm³/mol. The lowest BCUT2D eigenvalue weighted by molar-refractivity contribution is -0.137. The van der Waals surface area contributed by atoms with Gasteiger partial charge in [-0.1, -0.05) is 0 Å². The van der Waals surface area contributed by atoms with E-state index in [4.69, 9.17) is 5.73 Å². The Balaban J connectivity index is 2.28. The molecule has 0 aliphatic carbocycles. The first-order valence-corrected chi connectivity index (χ1v) is 5.82. The zero-order valence-corrected chi connectivity index (χ0v) is 10.6. The Bertz CT molecular complexity index is 935. The monoisotopic (exact) mass is 312 g/mol. The number of hydrogen-bond donors (Lipinski definition) is 3. The van der Waals surface area contributed by atoms with Crippen molar-refractivity contribution in [1.29, 1.82) is 0 Å². The average Bonchev–Trinajstić information content (AvgIpc) is 2.99. The molecular weight excluding hydrogens is 305 g/mol. The molecule has 0 aliphatic heterocycles. The van der Waals surface area contributed by atoms with Gasteiger partial charge in [-0.2, -0.15) is 18.4 Å². The molecule has 0 unspecified atom stereocenters. The molecule has 0 spiro atoms. The standard InChI is InChI=1S/C11H7F3N6O2/c12-11(13,14)4-1-2-6-5(3-4)16-10(22)20(6)9-7(8(15)21)17-19-18-9/h1-3H,(H2,15,21)(H,16,22)(H,17,18,19). The fraction of sp³-hybridized carbons (Fsp3) is 0.0909. The van der Waals surface area contributed by atoms with Gasteiger partial charge >= 0.3 is 11.9 Å². The van der Waals surface area contributed by atoms with Gasteiger partial charge in [0.2, 0.25) is 0 Å². The van der Waals surface area contributed by atoms with Crippen LogP contribution in [0.15, 0.2) is 23.0 Å². The highest BCUT2D eigenvalue weighted by molar-refractivity contribution is 5.94. The maximum atomic E-state index is 12.7. The third-order valence-corrected chi connectivity index (χ3v) is 2.98. The molecular formula is C11H7F3N6O2. The van der Waals surface area contributed by atoms with Gasteiger partial charge in [0.05, 0.1) is 16.6 Å². The summed E-state index contributed by atoms with van der Waals surface area (Å²) in [5.74, 6) is -1.12. The highest BCUT2D eigenvalue weighted by atomic mass is 19.4. The van der Waals surface area contributed by atoms with Gasteiger partial charge in [0, 0.05) is 0 Å². The van der Waals surface area contributed by atoms with E-state index >= 15 is 0 Å². The van der Waals surface area contributed by atoms with Crippen LogP contribution in [0.4, 0.5) is 13.2 Å². The van der Waals surface area contributed by atoms with Crippen LogP contribution >= 0.6 is 0 Å². The van der Waals surface area contributed by atoms with Crippen LogP contribution in [0, 0.1) is 0 Å². The molecule has 11 heteroatoms. The number of primary amides is 1. The zero-order valence-electron chi connectivity index (χ0n) is 10.6. The smallest absolute Gasteiger partial charge is 0.364 e. The van der Waals surface area contributed by atoms with Crippen molar-refractivity contribution in [2.75, 3.05) is 0 Å². The maximum absolute atomic E-state index is 12.7. The molecule has 8 nitrogen and oxygen atoms in total. The Morgan fingerprint density at radius 2 is 2.00 bits per heavy atom. The first-order chi connectivity index (χ1) is 10.3. The molecule has 0 saturated heterocycles. The number of aromatic nitrogens is 5. The predicted octanol–water partition coefficient (Wildman–Crippen LogP) is 0.555. The second-order valence-electron chi connectivity index (χ2n) is 4.36. The number of rotatable bonds is 2. The molecule has 1 amide bonds. The number of halogens is 3. The van der Waals surface area contributed by atoms with E-state index in [2.05, 4.69) is 20.4 Å². The molecule has 22 heavy (non-hydrogen) atoms. The molecule has 0 radical (unpaired) electrons. The van der Waals surface area contributed by atoms with E-state index < -0.39 is 23.3 Å². The minimum absolute atomic E-state index is 0.0572. The van der Waals surface area contributed by atoms with Crippen LogP contribution in [-0.4, -0.2) is 30.9 Å². The van der Waals surface area contributed by atoms with Gasteiger partial charge in [0.25, 0.3) is 5.91 Å². The van der Waals surface area contributed by atoms with Gasteiger partial charge in [-0.25, -0.2) is 9.36 Å². The summed E-state index contributed by atoms with van der Waals surface area (Å²) in [4.78, 5) is 25.5. The minimum atomic E-state index is -4.54. The molecule has 0 fully saturated rings. The molecule has 3 aromatic rings. The van der Waals surface area contributed by atoms with Crippen molar-refractivity contribution in [1.82, 2.24) is 25.0 Å². The second-order valence-corrected chi connectivity index (χ2v) is 4.36. The van der Waals surface area contributed by atoms with Gasteiger partial charge in [0.15, 0.2) is 11.5 Å². The Morgan fingerprint density at radius 3 is 2.64 bits per heavy atom. The van der Waals surface area contributed by atoms with Crippen molar-refractivity contribution >= 4 is 16.9 Å². The summed E-state index contributed by atoms with van der Waals surface area (Å²) < 4.78 is 39.0. The Kier molecular flexibility index (Phi) is 2.80. The first-order valence-electron chi connectivity index (χ1n) is 5.82. The highest BCUT2D eigenvalue weighted by Crippen LogP contribution is 2.31. The first kappa shape index (κ1) is 13.9. The van der Waals surface area contributed by atoms with Crippen molar-refractivity contribution in [3.63, 3.8) is 0 Å². The Labute approximate surface area is 118 Å². The van der Waals surface area contributed by atoms with Crippen LogP contribution in [0.5, 0.6) is 0 Å². The number of nitrogens with two attached hydrogens (primary N) is 1. The van der Waals surface area contributed by atoms with Crippen molar-refractivity contribution in [3.05, 3.63) is 39.9 Å². The van der Waals surface area contributed by atoms with Crippen molar-refractivity contribution in [2.24, 2.45) is 5.73 Å². The topological polar surface area (TPSA) is 122 Å². The summed E-state index contributed by atoms with van der Waals surface area (Å²) in [6.45, 7) is 0. The van der Waals surface area contributed by atoms with E-state index in [1.54, 1.807) is 0 Å². The number of amides is 1. The molecule has 114 valence electrons. The number of alkyl halides is 3. The number of benzene rings is 1. The fourth-order valence-electron chi connectivity index (χ4n) is 2.04. The summed E-state index contributed by atoms with van der Waals surface area (Å²) in [5.41, 5.74) is 3.16. The summed E-state index contributed by atoms with van der Waals surface area (Å²) in [5, 5.41) is 9.30. The van der Waals surface area contributed by atoms with E-state index in [1.807, 2.05) is 0 Å². The van der Waals surface area contributed by atoms with Crippen molar-refractivity contribution in [2.45, 2.75) is 6.18 Å². The van der Waals surface area contributed by atoms with Crippen molar-refractivity contribution in [3.8, 4) is 5.82 Å². The van der Waals surface area contributed by atoms with Crippen LogP contribution in [0.25, 0.3) is 16.9 Å². The molecule has 2 aromatic heterocycles. The van der Waals surface area contributed by atoms with Crippen LogP contribution in [-0.2, 0) is 6.18 Å². The van der Waals surface area contributed by atoms with E-state index in [9.17, 15) is 22.8 Å². The largest absolute Gasteiger partial charge is 0.416 e. The van der Waals surface area contributed by atoms with Crippen LogP contribution in [0.3, 0.4) is 0 Å². The van der Waals surface area contributed by atoms with Gasteiger partial charge < -0.3 is 10.7 Å². The highest BCUT2D eigenvalue weighted by Gasteiger charge is 2.31. The third kappa shape index (κ3) is 2.03. The number of H-pyrrole nitrogens is 2. The lowest BCUT2D eigenvalue weighted by atomic mass is 10.2. The molecule has 0 bridgehead atoms. The molecule has 4 N–H and O–H groups in total. The summed E-state index contributed by atoms with van der Waals surface area (Å²) in [6.07, 6.45) is -4.54. The number of aromatic amines is 2. The number of nitrogens with zero attached hydrogens (tertiary/aromatic N) is 3. The van der Waals surface area contributed by atoms with Gasteiger partial charge in [-0.15, -0.1) is 10.2 Å². The minimum Gasteiger partial charge on any atom is -0.364 e. The van der Waals surface area contributed by atoms with Crippen LogP contribution in [0.2, 0.25) is 0 Å². The normalized spacial score (nSPS) is 12.0. The average molecular weight is 312 g/mol. The van der Waals surface area contributed by atoms with Crippen molar-refractivity contribution < 1.29 is 18.0 Å². The van der Waals surface area contributed by atoms with Gasteiger partial charge in [-0.3, -0.25) is 4.79 Å². The number of hydrogen-bond acceptors (Lipinski definition) is 4. The van der Waals surface area contributed by atoms with E-state index in [0.29, 0.717) is 0 Å². The van der Waals surface area contributed by atoms with Crippen LogP contribution < -0.4 is 11.4 Å². The lowest BCUT2D eigenvalue weighted by Crippen LogP contribution is -2.20. The molecule has 3 rings (SSSR count).